The van der Waals surface area contributed by atoms with E-state index in [-0.39, 0.29) is 11.8 Å². The van der Waals surface area contributed by atoms with Gasteiger partial charge in [-0.05, 0) is 36.8 Å². The second kappa shape index (κ2) is 7.40. The van der Waals surface area contributed by atoms with E-state index in [2.05, 4.69) is 9.97 Å². The number of ether oxygens (including phenoxy) is 1. The van der Waals surface area contributed by atoms with E-state index in [1.807, 2.05) is 25.1 Å². The number of imidazole rings is 1. The van der Waals surface area contributed by atoms with Gasteiger partial charge in [-0.15, -0.1) is 0 Å². The van der Waals surface area contributed by atoms with Gasteiger partial charge in [0.25, 0.3) is 0 Å². The van der Waals surface area contributed by atoms with Crippen molar-refractivity contribution in [2.24, 2.45) is 0 Å². The summed E-state index contributed by atoms with van der Waals surface area (Å²) >= 11 is 5.23. The normalized spacial score (nSPS) is 10.5. The van der Waals surface area contributed by atoms with Gasteiger partial charge in [0.2, 0.25) is 11.8 Å². The van der Waals surface area contributed by atoms with E-state index in [1.165, 1.54) is 15.7 Å². The monoisotopic (exact) mass is 370 g/mol. The first-order valence-electron chi connectivity index (χ1n) is 8.01. The predicted octanol–water partition coefficient (Wildman–Crippen LogP) is 3.83. The van der Waals surface area contributed by atoms with Crippen LogP contribution in [0.3, 0.4) is 0 Å². The molecule has 0 atom stereocenters. The van der Waals surface area contributed by atoms with Gasteiger partial charge in [0, 0.05) is 18.8 Å². The average molecular weight is 370 g/mol. The van der Waals surface area contributed by atoms with Crippen LogP contribution in [0.2, 0.25) is 0 Å². The Kier molecular flexibility index (Phi) is 5.04. The van der Waals surface area contributed by atoms with E-state index < -0.39 is 6.09 Å². The molecule has 0 saturated heterocycles. The van der Waals surface area contributed by atoms with Crippen LogP contribution in [-0.2, 0) is 6.42 Å². The Balaban J connectivity index is 1.77. The fraction of sp³-hybridized carbons (Fsp3) is 0.167. The summed E-state index contributed by atoms with van der Waals surface area (Å²) in [5.41, 5.74) is 1.93. The number of carbonyl (C=O) groups is 1. The highest BCUT2D eigenvalue weighted by atomic mass is 32.1. The molecule has 0 radical (unpaired) electrons. The van der Waals surface area contributed by atoms with Gasteiger partial charge in [-0.1, -0.05) is 25.1 Å². The molecule has 0 unspecified atom stereocenters. The number of hydrogen-bond acceptors (Lipinski definition) is 5. The van der Waals surface area contributed by atoms with E-state index in [4.69, 9.17) is 17.0 Å². The number of aromatic hydroxyl groups is 1. The lowest BCUT2D eigenvalue weighted by Crippen LogP contribution is -2.29. The second-order valence-electron chi connectivity index (χ2n) is 5.54. The topological polar surface area (TPSA) is 83.4 Å². The number of benzene rings is 1. The van der Waals surface area contributed by atoms with Crippen LogP contribution in [0.15, 0.2) is 48.7 Å². The van der Waals surface area contributed by atoms with Crippen molar-refractivity contribution in [1.29, 1.82) is 0 Å². The van der Waals surface area contributed by atoms with Crippen molar-refractivity contribution in [3.63, 3.8) is 0 Å². The fourth-order valence-corrected chi connectivity index (χ4v) is 2.75. The third kappa shape index (κ3) is 3.45. The molecule has 0 fully saturated rings. The van der Waals surface area contributed by atoms with Crippen LogP contribution >= 0.6 is 12.2 Å². The summed E-state index contributed by atoms with van der Waals surface area (Å²) in [5.74, 6) is 0.201. The van der Waals surface area contributed by atoms with Crippen molar-refractivity contribution >= 4 is 24.0 Å². The summed E-state index contributed by atoms with van der Waals surface area (Å²) in [5, 5.41) is 10.2. The maximum Gasteiger partial charge on any atom is 0.420 e. The molecule has 2 N–H and O–H groups in total. The molecule has 2 aromatic heterocycles. The zero-order valence-corrected chi connectivity index (χ0v) is 15.2. The molecule has 3 rings (SSSR count). The van der Waals surface area contributed by atoms with Gasteiger partial charge in [-0.25, -0.2) is 9.78 Å². The molecular weight excluding hydrogens is 352 g/mol. The SMILES string of the molecule is CCc1[nH]c(=S)n(-c2ccc(OC(=O)N(C)c3ccccc3)nc2)c1O. The van der Waals surface area contributed by atoms with Crippen molar-refractivity contribution < 1.29 is 14.6 Å². The van der Waals surface area contributed by atoms with E-state index in [0.29, 0.717) is 28.3 Å². The number of carbonyl (C=O) groups excluding carboxylic acids is 1. The minimum absolute atomic E-state index is 0.0489. The van der Waals surface area contributed by atoms with Crippen LogP contribution in [0.5, 0.6) is 11.8 Å². The molecule has 7 nitrogen and oxygen atoms in total. The molecule has 1 amide bonds. The molecule has 0 saturated carbocycles. The standard InChI is InChI=1S/C18H18N4O3S/c1-3-14-16(23)22(17(26)20-14)13-9-10-15(19-11-13)25-18(24)21(2)12-7-5-4-6-8-12/h4-11,23H,3H2,1-2H3,(H,20,26). The molecular formula is C18H18N4O3S. The zero-order valence-electron chi connectivity index (χ0n) is 14.3. The molecule has 0 aliphatic carbocycles. The van der Waals surface area contributed by atoms with Crippen LogP contribution in [-0.4, -0.2) is 32.8 Å². The van der Waals surface area contributed by atoms with E-state index in [0.717, 1.165) is 0 Å². The summed E-state index contributed by atoms with van der Waals surface area (Å²) < 4.78 is 7.12. The number of aryl methyl sites for hydroxylation is 1. The van der Waals surface area contributed by atoms with Gasteiger partial charge >= 0.3 is 6.09 Å². The molecule has 26 heavy (non-hydrogen) atoms. The number of hydrogen-bond donors (Lipinski definition) is 2. The number of para-hydroxylation sites is 1. The molecule has 0 aliphatic rings. The summed E-state index contributed by atoms with van der Waals surface area (Å²) in [6, 6.07) is 12.4. The Morgan fingerprint density at radius 3 is 2.62 bits per heavy atom. The lowest BCUT2D eigenvalue weighted by molar-refractivity contribution is 0.207. The highest BCUT2D eigenvalue weighted by molar-refractivity contribution is 7.71. The number of anilines is 1. The Labute approximate surface area is 155 Å². The highest BCUT2D eigenvalue weighted by Gasteiger charge is 2.15. The summed E-state index contributed by atoms with van der Waals surface area (Å²) in [6.07, 6.45) is 1.55. The number of nitrogens with zero attached hydrogens (tertiary/aromatic N) is 3. The minimum Gasteiger partial charge on any atom is -0.493 e. The number of H-pyrrole nitrogens is 1. The number of amides is 1. The van der Waals surface area contributed by atoms with Crippen LogP contribution in [0.25, 0.3) is 5.69 Å². The molecule has 2 heterocycles. The fourth-order valence-electron chi connectivity index (χ4n) is 2.44. The number of pyridine rings is 1. The molecule has 0 spiro atoms. The van der Waals surface area contributed by atoms with Crippen molar-refractivity contribution in [1.82, 2.24) is 14.5 Å². The van der Waals surface area contributed by atoms with Crippen molar-refractivity contribution in [3.05, 3.63) is 59.1 Å². The predicted molar refractivity (Wildman–Crippen MR) is 101 cm³/mol. The smallest absolute Gasteiger partial charge is 0.420 e. The maximum atomic E-state index is 12.2. The first-order valence-corrected chi connectivity index (χ1v) is 8.42. The molecule has 3 aromatic rings. The minimum atomic E-state index is -0.550. The second-order valence-corrected chi connectivity index (χ2v) is 5.93. The van der Waals surface area contributed by atoms with Crippen molar-refractivity contribution in [3.8, 4) is 17.4 Å². The Morgan fingerprint density at radius 2 is 2.04 bits per heavy atom. The summed E-state index contributed by atoms with van der Waals surface area (Å²) in [7, 11) is 1.62. The number of aromatic nitrogens is 3. The molecule has 134 valence electrons. The maximum absolute atomic E-state index is 12.2. The van der Waals surface area contributed by atoms with Crippen LogP contribution in [0.1, 0.15) is 12.6 Å². The van der Waals surface area contributed by atoms with Gasteiger partial charge in [-0.3, -0.25) is 9.47 Å². The van der Waals surface area contributed by atoms with Gasteiger partial charge in [0.1, 0.15) is 0 Å². The Morgan fingerprint density at radius 1 is 1.31 bits per heavy atom. The molecule has 8 heteroatoms. The lowest BCUT2D eigenvalue weighted by Gasteiger charge is -2.16. The van der Waals surface area contributed by atoms with Crippen molar-refractivity contribution in [2.75, 3.05) is 11.9 Å². The lowest BCUT2D eigenvalue weighted by atomic mass is 10.3. The number of nitrogens with one attached hydrogen (secondary N) is 1. The molecule has 1 aromatic carbocycles. The van der Waals surface area contributed by atoms with Gasteiger partial charge in [0.05, 0.1) is 17.6 Å². The van der Waals surface area contributed by atoms with Crippen LogP contribution in [0, 0.1) is 4.77 Å². The quantitative estimate of drug-likeness (QED) is 0.682. The first-order chi connectivity index (χ1) is 12.5. The van der Waals surface area contributed by atoms with E-state index >= 15 is 0 Å². The van der Waals surface area contributed by atoms with E-state index in [1.54, 1.807) is 31.3 Å². The third-order valence-corrected chi connectivity index (χ3v) is 4.17. The third-order valence-electron chi connectivity index (χ3n) is 3.88. The van der Waals surface area contributed by atoms with Crippen LogP contribution in [0.4, 0.5) is 10.5 Å². The highest BCUT2D eigenvalue weighted by Crippen LogP contribution is 2.23. The molecule has 0 bridgehead atoms. The number of aromatic amines is 1. The van der Waals surface area contributed by atoms with Crippen molar-refractivity contribution in [2.45, 2.75) is 13.3 Å². The average Bonchev–Trinajstić information content (AvgIpc) is 2.96. The van der Waals surface area contributed by atoms with Gasteiger partial charge in [-0.2, -0.15) is 0 Å². The summed E-state index contributed by atoms with van der Waals surface area (Å²) in [4.78, 5) is 20.7. The Hall–Kier alpha value is -3.13. The van der Waals surface area contributed by atoms with Gasteiger partial charge in [0.15, 0.2) is 4.77 Å². The largest absolute Gasteiger partial charge is 0.493 e. The number of rotatable bonds is 4. The zero-order chi connectivity index (χ0) is 18.7. The summed E-state index contributed by atoms with van der Waals surface area (Å²) in [6.45, 7) is 1.91. The van der Waals surface area contributed by atoms with Gasteiger partial charge < -0.3 is 14.8 Å². The molecule has 0 aliphatic heterocycles. The van der Waals surface area contributed by atoms with Crippen LogP contribution < -0.4 is 9.64 Å². The van der Waals surface area contributed by atoms with E-state index in [9.17, 15) is 9.90 Å². The Bertz CT molecular complexity index is 964. The first kappa shape index (κ1) is 17.7.